The highest BCUT2D eigenvalue weighted by Crippen LogP contribution is 2.29. The largest absolute Gasteiger partial charge is 0.497 e. The maximum atomic E-state index is 12.6. The summed E-state index contributed by atoms with van der Waals surface area (Å²) in [5.41, 5.74) is 1.42. The van der Waals surface area contributed by atoms with Gasteiger partial charge in [0.1, 0.15) is 11.6 Å². The molecule has 0 unspecified atom stereocenters. The molecule has 2 aromatic heterocycles. The van der Waals surface area contributed by atoms with E-state index in [2.05, 4.69) is 25.0 Å². The SMILES string of the molecule is COc1ccc(CCNC(=O)N2CCN(c3ccc(-c4noc(C(F)(F)F)n4)cn3)CC2)cc1. The van der Waals surface area contributed by atoms with E-state index in [1.54, 1.807) is 24.1 Å². The molecule has 3 aromatic rings. The smallest absolute Gasteiger partial charge is 0.471 e. The fraction of sp³-hybridized carbons (Fsp3) is 0.364. The molecular weight excluding hydrogens is 453 g/mol. The first-order chi connectivity index (χ1) is 16.3. The zero-order valence-corrected chi connectivity index (χ0v) is 18.4. The van der Waals surface area contributed by atoms with E-state index in [4.69, 9.17) is 4.74 Å². The van der Waals surface area contributed by atoms with E-state index in [-0.39, 0.29) is 11.9 Å². The van der Waals surface area contributed by atoms with Crippen LogP contribution in [0.1, 0.15) is 11.5 Å². The molecule has 1 saturated heterocycles. The molecule has 3 heterocycles. The van der Waals surface area contributed by atoms with Crippen molar-refractivity contribution in [1.82, 2.24) is 25.3 Å². The Hall–Kier alpha value is -3.83. The van der Waals surface area contributed by atoms with Gasteiger partial charge < -0.3 is 24.4 Å². The lowest BCUT2D eigenvalue weighted by molar-refractivity contribution is -0.159. The predicted molar refractivity (Wildman–Crippen MR) is 116 cm³/mol. The number of nitrogens with one attached hydrogen (secondary N) is 1. The van der Waals surface area contributed by atoms with Crippen LogP contribution in [0.3, 0.4) is 0 Å². The number of methoxy groups -OCH3 is 1. The van der Waals surface area contributed by atoms with Gasteiger partial charge in [-0.05, 0) is 36.2 Å². The standard InChI is InChI=1S/C22H23F3N6O3/c1-33-17-5-2-15(3-6-17)8-9-26-21(32)31-12-10-30(11-13-31)18-7-4-16(14-27-18)19-28-20(34-29-19)22(23,24)25/h2-7,14H,8-13H2,1H3,(H,26,32). The number of carbonyl (C=O) groups excluding carboxylic acids is 1. The fourth-order valence-corrected chi connectivity index (χ4v) is 3.52. The van der Waals surface area contributed by atoms with E-state index >= 15 is 0 Å². The number of ether oxygens (including phenoxy) is 1. The minimum atomic E-state index is -4.69. The summed E-state index contributed by atoms with van der Waals surface area (Å²) in [5.74, 6) is -0.129. The van der Waals surface area contributed by atoms with Crippen LogP contribution in [0.15, 0.2) is 47.1 Å². The maximum absolute atomic E-state index is 12.6. The second kappa shape index (κ2) is 9.98. The number of halogens is 3. The number of rotatable bonds is 6. The summed E-state index contributed by atoms with van der Waals surface area (Å²) in [6, 6.07) is 10.9. The molecule has 1 fully saturated rings. The number of pyridine rings is 1. The van der Waals surface area contributed by atoms with Crippen LogP contribution < -0.4 is 15.0 Å². The lowest BCUT2D eigenvalue weighted by Crippen LogP contribution is -2.52. The number of anilines is 1. The zero-order chi connectivity index (χ0) is 24.1. The molecule has 12 heteroatoms. The molecule has 1 aromatic carbocycles. The van der Waals surface area contributed by atoms with Crippen molar-refractivity contribution in [2.45, 2.75) is 12.6 Å². The molecule has 1 aliphatic rings. The first-order valence-corrected chi connectivity index (χ1v) is 10.6. The quantitative estimate of drug-likeness (QED) is 0.584. The average Bonchev–Trinajstić information content (AvgIpc) is 3.36. The van der Waals surface area contributed by atoms with Crippen LogP contribution in [0.25, 0.3) is 11.4 Å². The van der Waals surface area contributed by atoms with Gasteiger partial charge in [-0.3, -0.25) is 0 Å². The van der Waals surface area contributed by atoms with Crippen LogP contribution in [0.4, 0.5) is 23.8 Å². The Kier molecular flexibility index (Phi) is 6.85. The molecule has 9 nitrogen and oxygen atoms in total. The molecule has 0 aliphatic carbocycles. The number of nitrogens with zero attached hydrogens (tertiary/aromatic N) is 5. The highest BCUT2D eigenvalue weighted by molar-refractivity contribution is 5.74. The zero-order valence-electron chi connectivity index (χ0n) is 18.4. The highest BCUT2D eigenvalue weighted by Gasteiger charge is 2.38. The Morgan fingerprint density at radius 3 is 2.44 bits per heavy atom. The lowest BCUT2D eigenvalue weighted by Gasteiger charge is -2.35. The van der Waals surface area contributed by atoms with Gasteiger partial charge >= 0.3 is 18.1 Å². The van der Waals surface area contributed by atoms with E-state index in [0.717, 1.165) is 17.7 Å². The number of hydrogen-bond acceptors (Lipinski definition) is 7. The second-order valence-electron chi connectivity index (χ2n) is 7.63. The van der Waals surface area contributed by atoms with Gasteiger partial charge in [-0.2, -0.15) is 18.2 Å². The molecule has 180 valence electrons. The Bertz CT molecular complexity index is 1090. The fourth-order valence-electron chi connectivity index (χ4n) is 3.52. The van der Waals surface area contributed by atoms with E-state index in [1.807, 2.05) is 29.2 Å². The molecule has 0 bridgehead atoms. The number of urea groups is 1. The third-order valence-corrected chi connectivity index (χ3v) is 5.41. The van der Waals surface area contributed by atoms with E-state index in [1.165, 1.54) is 6.20 Å². The van der Waals surface area contributed by atoms with E-state index in [9.17, 15) is 18.0 Å². The van der Waals surface area contributed by atoms with Gasteiger partial charge in [-0.1, -0.05) is 17.3 Å². The minimum absolute atomic E-state index is 0.117. The predicted octanol–water partition coefficient (Wildman–Crippen LogP) is 3.23. The third kappa shape index (κ3) is 5.56. The number of carbonyl (C=O) groups is 1. The molecule has 0 radical (unpaired) electrons. The number of piperazine rings is 1. The van der Waals surface area contributed by atoms with Gasteiger partial charge in [0.05, 0.1) is 7.11 Å². The topological polar surface area (TPSA) is 96.6 Å². The van der Waals surface area contributed by atoms with Crippen LogP contribution in [0.2, 0.25) is 0 Å². The second-order valence-corrected chi connectivity index (χ2v) is 7.63. The Balaban J connectivity index is 1.24. The van der Waals surface area contributed by atoms with Gasteiger partial charge in [0.25, 0.3) is 0 Å². The monoisotopic (exact) mass is 476 g/mol. The Labute approximate surface area is 193 Å². The van der Waals surface area contributed by atoms with Crippen molar-refractivity contribution >= 4 is 11.8 Å². The summed E-state index contributed by atoms with van der Waals surface area (Å²) in [6.45, 7) is 2.74. The molecule has 0 saturated carbocycles. The van der Waals surface area contributed by atoms with Gasteiger partial charge in [-0.15, -0.1) is 0 Å². The molecule has 0 spiro atoms. The molecule has 2 amide bonds. The number of alkyl halides is 3. The molecule has 34 heavy (non-hydrogen) atoms. The van der Waals surface area contributed by atoms with Crippen LogP contribution >= 0.6 is 0 Å². The van der Waals surface area contributed by atoms with Crippen molar-refractivity contribution < 1.29 is 27.2 Å². The molecule has 0 atom stereocenters. The van der Waals surface area contributed by atoms with E-state index < -0.39 is 12.1 Å². The number of amides is 2. The lowest BCUT2D eigenvalue weighted by atomic mass is 10.1. The molecular formula is C22H23F3N6O3. The van der Waals surface area contributed by atoms with Crippen LogP contribution in [0.5, 0.6) is 5.75 Å². The van der Waals surface area contributed by atoms with Crippen molar-refractivity contribution in [3.63, 3.8) is 0 Å². The summed E-state index contributed by atoms with van der Waals surface area (Å²) >= 11 is 0. The maximum Gasteiger partial charge on any atom is 0.471 e. The van der Waals surface area contributed by atoms with Crippen molar-refractivity contribution in [3.05, 3.63) is 54.0 Å². The average molecular weight is 476 g/mol. The van der Waals surface area contributed by atoms with Crippen molar-refractivity contribution in [3.8, 4) is 17.1 Å². The number of aromatic nitrogens is 3. The summed E-state index contributed by atoms with van der Waals surface area (Å²) < 4.78 is 47.3. The summed E-state index contributed by atoms with van der Waals surface area (Å²) in [4.78, 5) is 23.9. The van der Waals surface area contributed by atoms with Crippen molar-refractivity contribution in [1.29, 1.82) is 0 Å². The molecule has 4 rings (SSSR count). The van der Waals surface area contributed by atoms with Gasteiger partial charge in [0.2, 0.25) is 5.82 Å². The van der Waals surface area contributed by atoms with Crippen molar-refractivity contribution in [2.24, 2.45) is 0 Å². The normalized spacial score (nSPS) is 14.2. The van der Waals surface area contributed by atoms with E-state index in [0.29, 0.717) is 44.1 Å². The van der Waals surface area contributed by atoms with Crippen LogP contribution in [0, 0.1) is 0 Å². The van der Waals surface area contributed by atoms with Crippen molar-refractivity contribution in [2.75, 3.05) is 44.7 Å². The van der Waals surface area contributed by atoms with Crippen LogP contribution in [-0.4, -0.2) is 65.9 Å². The van der Waals surface area contributed by atoms with Gasteiger partial charge in [-0.25, -0.2) is 9.78 Å². The Morgan fingerprint density at radius 2 is 1.85 bits per heavy atom. The van der Waals surface area contributed by atoms with Gasteiger partial charge in [0, 0.05) is 44.5 Å². The number of benzene rings is 1. The third-order valence-electron chi connectivity index (χ3n) is 5.41. The summed E-state index contributed by atoms with van der Waals surface area (Å²) in [5, 5.41) is 6.30. The Morgan fingerprint density at radius 1 is 1.12 bits per heavy atom. The summed E-state index contributed by atoms with van der Waals surface area (Å²) in [7, 11) is 1.62. The highest BCUT2D eigenvalue weighted by atomic mass is 19.4. The molecule has 1 aliphatic heterocycles. The first kappa shape index (κ1) is 23.3. The molecule has 1 N–H and O–H groups in total. The van der Waals surface area contributed by atoms with Crippen LogP contribution in [-0.2, 0) is 12.6 Å². The number of hydrogen-bond donors (Lipinski definition) is 1. The first-order valence-electron chi connectivity index (χ1n) is 10.6. The minimum Gasteiger partial charge on any atom is -0.497 e. The van der Waals surface area contributed by atoms with Gasteiger partial charge in [0.15, 0.2) is 0 Å². The summed E-state index contributed by atoms with van der Waals surface area (Å²) in [6.07, 6.45) is -2.57.